The van der Waals surface area contributed by atoms with E-state index in [1.807, 2.05) is 18.2 Å². The number of H-pyrrole nitrogens is 1. The molecule has 0 bridgehead atoms. The summed E-state index contributed by atoms with van der Waals surface area (Å²) in [5, 5.41) is 10.5. The first kappa shape index (κ1) is 11.9. The van der Waals surface area contributed by atoms with E-state index >= 15 is 0 Å². The quantitative estimate of drug-likeness (QED) is 0.720. The summed E-state index contributed by atoms with van der Waals surface area (Å²) in [5.41, 5.74) is 3.59. The first-order chi connectivity index (χ1) is 9.28. The van der Waals surface area contributed by atoms with Gasteiger partial charge in [0.15, 0.2) is 11.3 Å². The third kappa shape index (κ3) is 2.24. The monoisotopic (exact) mass is 273 g/mol. The van der Waals surface area contributed by atoms with Gasteiger partial charge in [-0.05, 0) is 17.2 Å². The SMILES string of the molecule is CNc1nc(Cl)nc2c(Cc3ccccc3)[nH]nc12. The maximum absolute atomic E-state index is 5.93. The molecule has 2 aromatic heterocycles. The second-order valence-corrected chi connectivity index (χ2v) is 4.49. The number of hydrogen-bond donors (Lipinski definition) is 2. The van der Waals surface area contributed by atoms with Crippen LogP contribution in [0.2, 0.25) is 5.28 Å². The lowest BCUT2D eigenvalue weighted by Crippen LogP contribution is -1.96. The van der Waals surface area contributed by atoms with Crippen LogP contribution in [-0.2, 0) is 6.42 Å². The van der Waals surface area contributed by atoms with E-state index in [0.717, 1.165) is 17.6 Å². The third-order valence-electron chi connectivity index (χ3n) is 2.91. The van der Waals surface area contributed by atoms with E-state index in [2.05, 4.69) is 37.6 Å². The van der Waals surface area contributed by atoms with Crippen molar-refractivity contribution in [3.8, 4) is 0 Å². The topological polar surface area (TPSA) is 66.5 Å². The Balaban J connectivity index is 2.08. The minimum atomic E-state index is 0.215. The second kappa shape index (κ2) is 4.85. The molecule has 6 heteroatoms. The van der Waals surface area contributed by atoms with Gasteiger partial charge in [0.1, 0.15) is 5.52 Å². The molecular formula is C13H12ClN5. The van der Waals surface area contributed by atoms with Gasteiger partial charge in [-0.1, -0.05) is 30.3 Å². The van der Waals surface area contributed by atoms with Crippen molar-refractivity contribution in [3.05, 3.63) is 46.9 Å². The van der Waals surface area contributed by atoms with E-state index in [-0.39, 0.29) is 5.28 Å². The Morgan fingerprint density at radius 1 is 1.16 bits per heavy atom. The fraction of sp³-hybridized carbons (Fsp3) is 0.154. The molecule has 0 amide bonds. The second-order valence-electron chi connectivity index (χ2n) is 4.15. The Morgan fingerprint density at radius 3 is 2.68 bits per heavy atom. The zero-order valence-electron chi connectivity index (χ0n) is 10.3. The molecule has 3 rings (SSSR count). The smallest absolute Gasteiger partial charge is 0.225 e. The van der Waals surface area contributed by atoms with Crippen LogP contribution in [0.4, 0.5) is 5.82 Å². The highest BCUT2D eigenvalue weighted by Gasteiger charge is 2.13. The van der Waals surface area contributed by atoms with Gasteiger partial charge in [-0.15, -0.1) is 0 Å². The van der Waals surface area contributed by atoms with Crippen molar-refractivity contribution < 1.29 is 0 Å². The molecule has 0 aliphatic carbocycles. The number of benzene rings is 1. The van der Waals surface area contributed by atoms with Crippen LogP contribution in [0, 0.1) is 0 Å². The minimum absolute atomic E-state index is 0.215. The molecule has 0 atom stereocenters. The average molecular weight is 274 g/mol. The van der Waals surface area contributed by atoms with Crippen LogP contribution in [0.3, 0.4) is 0 Å². The molecule has 0 fully saturated rings. The normalized spacial score (nSPS) is 10.8. The van der Waals surface area contributed by atoms with Gasteiger partial charge >= 0.3 is 0 Å². The zero-order valence-corrected chi connectivity index (χ0v) is 11.1. The van der Waals surface area contributed by atoms with Crippen LogP contribution >= 0.6 is 11.6 Å². The first-order valence-corrected chi connectivity index (χ1v) is 6.28. The van der Waals surface area contributed by atoms with E-state index in [0.29, 0.717) is 11.3 Å². The van der Waals surface area contributed by atoms with Crippen LogP contribution in [-0.4, -0.2) is 27.2 Å². The molecule has 96 valence electrons. The van der Waals surface area contributed by atoms with Crippen LogP contribution in [0.25, 0.3) is 11.0 Å². The maximum atomic E-state index is 5.93. The number of fused-ring (bicyclic) bond motifs is 1. The van der Waals surface area contributed by atoms with Crippen molar-refractivity contribution in [1.82, 2.24) is 20.2 Å². The van der Waals surface area contributed by atoms with Crippen LogP contribution in [0.1, 0.15) is 11.3 Å². The number of rotatable bonds is 3. The van der Waals surface area contributed by atoms with Gasteiger partial charge in [0.25, 0.3) is 0 Å². The largest absolute Gasteiger partial charge is 0.371 e. The molecule has 0 radical (unpaired) electrons. The van der Waals surface area contributed by atoms with Crippen LogP contribution in [0.15, 0.2) is 30.3 Å². The van der Waals surface area contributed by atoms with E-state index in [9.17, 15) is 0 Å². The van der Waals surface area contributed by atoms with Gasteiger partial charge < -0.3 is 5.32 Å². The summed E-state index contributed by atoms with van der Waals surface area (Å²) in [7, 11) is 1.78. The lowest BCUT2D eigenvalue weighted by atomic mass is 10.1. The Kier molecular flexibility index (Phi) is 3.05. The predicted molar refractivity (Wildman–Crippen MR) is 75.5 cm³/mol. The van der Waals surface area contributed by atoms with E-state index in [1.165, 1.54) is 5.56 Å². The maximum Gasteiger partial charge on any atom is 0.225 e. The number of aromatic amines is 1. The summed E-state index contributed by atoms with van der Waals surface area (Å²) in [6.07, 6.45) is 0.730. The summed E-state index contributed by atoms with van der Waals surface area (Å²) in [6, 6.07) is 10.1. The fourth-order valence-corrected chi connectivity index (χ4v) is 2.19. The molecule has 0 spiro atoms. The standard InChI is InChI=1S/C13H12ClN5/c1-15-12-11-10(16-13(14)17-12)9(18-19-11)7-8-5-3-2-4-6-8/h2-6H,7H2,1H3,(H,18,19)(H,15,16,17). The van der Waals surface area contributed by atoms with Gasteiger partial charge in [-0.25, -0.2) is 4.98 Å². The highest BCUT2D eigenvalue weighted by molar-refractivity contribution is 6.28. The lowest BCUT2D eigenvalue weighted by Gasteiger charge is -2.01. The number of nitrogens with one attached hydrogen (secondary N) is 2. The van der Waals surface area contributed by atoms with Gasteiger partial charge in [-0.3, -0.25) is 5.10 Å². The number of halogens is 1. The first-order valence-electron chi connectivity index (χ1n) is 5.90. The molecule has 1 aromatic carbocycles. The van der Waals surface area contributed by atoms with Crippen molar-refractivity contribution in [1.29, 1.82) is 0 Å². The number of anilines is 1. The molecule has 19 heavy (non-hydrogen) atoms. The third-order valence-corrected chi connectivity index (χ3v) is 3.07. The highest BCUT2D eigenvalue weighted by Crippen LogP contribution is 2.23. The van der Waals surface area contributed by atoms with Crippen LogP contribution < -0.4 is 5.32 Å². The number of hydrogen-bond acceptors (Lipinski definition) is 4. The van der Waals surface area contributed by atoms with Gasteiger partial charge in [0.05, 0.1) is 5.69 Å². The van der Waals surface area contributed by atoms with E-state index in [4.69, 9.17) is 11.6 Å². The van der Waals surface area contributed by atoms with E-state index in [1.54, 1.807) is 7.05 Å². The van der Waals surface area contributed by atoms with Crippen molar-refractivity contribution in [2.75, 3.05) is 12.4 Å². The van der Waals surface area contributed by atoms with Gasteiger partial charge in [-0.2, -0.15) is 10.1 Å². The van der Waals surface area contributed by atoms with Crippen molar-refractivity contribution >= 4 is 28.5 Å². The summed E-state index contributed by atoms with van der Waals surface area (Å²) in [5.74, 6) is 0.630. The summed E-state index contributed by atoms with van der Waals surface area (Å²) < 4.78 is 0. The minimum Gasteiger partial charge on any atom is -0.371 e. The Morgan fingerprint density at radius 2 is 1.95 bits per heavy atom. The molecule has 0 unspecified atom stereocenters. The summed E-state index contributed by atoms with van der Waals surface area (Å²) in [4.78, 5) is 8.36. The zero-order chi connectivity index (χ0) is 13.2. The van der Waals surface area contributed by atoms with Crippen molar-refractivity contribution in [3.63, 3.8) is 0 Å². The Bertz CT molecular complexity index is 708. The van der Waals surface area contributed by atoms with Crippen molar-refractivity contribution in [2.24, 2.45) is 0 Å². The molecule has 0 saturated heterocycles. The molecule has 5 nitrogen and oxygen atoms in total. The van der Waals surface area contributed by atoms with Gasteiger partial charge in [0, 0.05) is 13.5 Å². The predicted octanol–water partition coefficient (Wildman–Crippen LogP) is 2.64. The molecule has 2 N–H and O–H groups in total. The molecule has 0 aliphatic rings. The van der Waals surface area contributed by atoms with E-state index < -0.39 is 0 Å². The van der Waals surface area contributed by atoms with Crippen molar-refractivity contribution in [2.45, 2.75) is 6.42 Å². The highest BCUT2D eigenvalue weighted by atomic mass is 35.5. The summed E-state index contributed by atoms with van der Waals surface area (Å²) in [6.45, 7) is 0. The van der Waals surface area contributed by atoms with Gasteiger partial charge in [0.2, 0.25) is 5.28 Å². The lowest BCUT2D eigenvalue weighted by molar-refractivity contribution is 1.01. The average Bonchev–Trinajstić information content (AvgIpc) is 2.82. The summed E-state index contributed by atoms with van der Waals surface area (Å²) >= 11 is 5.93. The van der Waals surface area contributed by atoms with Crippen LogP contribution in [0.5, 0.6) is 0 Å². The molecule has 2 heterocycles. The number of aromatic nitrogens is 4. The fourth-order valence-electron chi connectivity index (χ4n) is 2.02. The molecule has 3 aromatic rings. The Labute approximate surface area is 115 Å². The molecule has 0 aliphatic heterocycles. The molecule has 0 saturated carbocycles. The Hall–Kier alpha value is -2.14. The number of nitrogens with zero attached hydrogens (tertiary/aromatic N) is 3. The molecular weight excluding hydrogens is 262 g/mol.